The minimum atomic E-state index is -0.496. The third-order valence-electron chi connectivity index (χ3n) is 5.50. The molecule has 172 valence electrons. The van der Waals surface area contributed by atoms with Crippen molar-refractivity contribution < 1.29 is 18.9 Å². The first kappa shape index (κ1) is 21.8. The Bertz CT molecular complexity index is 1080. The Balaban J connectivity index is 1.46. The maximum atomic E-state index is 12.3. The van der Waals surface area contributed by atoms with Gasteiger partial charge >= 0.3 is 6.09 Å². The molecule has 4 rings (SSSR count). The van der Waals surface area contributed by atoms with Crippen LogP contribution in [0, 0.1) is 5.92 Å². The number of pyridine rings is 1. The molecule has 0 aliphatic carbocycles. The Hall–Kier alpha value is -3.37. The number of carbonyl (C=O) groups excluding carboxylic acids is 1. The predicted molar refractivity (Wildman–Crippen MR) is 117 cm³/mol. The van der Waals surface area contributed by atoms with Gasteiger partial charge in [-0.3, -0.25) is 4.98 Å². The van der Waals surface area contributed by atoms with Crippen LogP contribution in [0.1, 0.15) is 47.0 Å². The second-order valence-corrected chi connectivity index (χ2v) is 8.98. The fourth-order valence-corrected chi connectivity index (χ4v) is 3.93. The summed E-state index contributed by atoms with van der Waals surface area (Å²) in [7, 11) is 0. The minimum absolute atomic E-state index is 0.0197. The highest BCUT2D eigenvalue weighted by Crippen LogP contribution is 2.31. The number of nitrogen functional groups attached to an aromatic ring is 1. The highest BCUT2D eigenvalue weighted by atomic mass is 16.6. The third-order valence-corrected chi connectivity index (χ3v) is 5.50. The van der Waals surface area contributed by atoms with Gasteiger partial charge in [-0.2, -0.15) is 0 Å². The Kier molecular flexibility index (Phi) is 5.90. The number of anilines is 1. The summed E-state index contributed by atoms with van der Waals surface area (Å²) in [6, 6.07) is 0. The van der Waals surface area contributed by atoms with Gasteiger partial charge < -0.3 is 25.1 Å². The number of imidazole rings is 1. The minimum Gasteiger partial charge on any atom is -0.486 e. The number of ether oxygens (including phenoxy) is 2. The van der Waals surface area contributed by atoms with E-state index in [1.54, 1.807) is 17.3 Å². The van der Waals surface area contributed by atoms with Gasteiger partial charge in [0.2, 0.25) is 0 Å². The van der Waals surface area contributed by atoms with Crippen LogP contribution >= 0.6 is 0 Å². The molecule has 0 radical (unpaired) electrons. The molecule has 1 aliphatic rings. The van der Waals surface area contributed by atoms with Gasteiger partial charge in [-0.15, -0.1) is 0 Å². The quantitative estimate of drug-likeness (QED) is 0.606. The summed E-state index contributed by atoms with van der Waals surface area (Å²) in [5.41, 5.74) is 6.98. The highest BCUT2D eigenvalue weighted by molar-refractivity contribution is 5.84. The molecule has 11 heteroatoms. The number of likely N-dealkylation sites (tertiary alicyclic amines) is 1. The van der Waals surface area contributed by atoms with Crippen LogP contribution in [-0.4, -0.2) is 61.1 Å². The van der Waals surface area contributed by atoms with Gasteiger partial charge in [-0.25, -0.2) is 14.4 Å². The van der Waals surface area contributed by atoms with Crippen molar-refractivity contribution in [3.05, 3.63) is 12.4 Å². The monoisotopic (exact) mass is 443 g/mol. The molecular weight excluding hydrogens is 414 g/mol. The number of fused-ring (bicyclic) bond motifs is 1. The largest absolute Gasteiger partial charge is 0.486 e. The van der Waals surface area contributed by atoms with Crippen molar-refractivity contribution in [2.45, 2.75) is 58.7 Å². The number of nitrogens with zero attached hydrogens (tertiary/aromatic N) is 5. The van der Waals surface area contributed by atoms with Crippen LogP contribution in [0.25, 0.3) is 22.6 Å². The van der Waals surface area contributed by atoms with Crippen molar-refractivity contribution in [2.75, 3.05) is 18.8 Å². The fourth-order valence-electron chi connectivity index (χ4n) is 3.93. The normalized spacial score (nSPS) is 16.3. The standard InChI is InChI=1S/C21H29N7O4/c1-5-14(12-6-8-28(9-7-12)20(29)31-21(2,3)4)30-15-11-23-10-13-16(15)25-19(24-13)17-18(22)27-32-26-17/h10-12,14H,5-9H2,1-4H3,(H2,22,27)(H,24,25). The summed E-state index contributed by atoms with van der Waals surface area (Å²) in [5, 5.41) is 7.39. The van der Waals surface area contributed by atoms with Crippen molar-refractivity contribution in [2.24, 2.45) is 5.92 Å². The van der Waals surface area contributed by atoms with E-state index in [1.807, 2.05) is 20.8 Å². The van der Waals surface area contributed by atoms with Gasteiger partial charge in [-0.05, 0) is 56.3 Å². The molecular formula is C21H29N7O4. The van der Waals surface area contributed by atoms with Crippen LogP contribution in [0.3, 0.4) is 0 Å². The molecule has 3 aromatic heterocycles. The van der Waals surface area contributed by atoms with Gasteiger partial charge in [0.05, 0.1) is 12.4 Å². The number of nitrogens with one attached hydrogen (secondary N) is 1. The zero-order valence-electron chi connectivity index (χ0n) is 18.8. The van der Waals surface area contributed by atoms with E-state index >= 15 is 0 Å². The van der Waals surface area contributed by atoms with Crippen molar-refractivity contribution in [3.63, 3.8) is 0 Å². The molecule has 1 saturated heterocycles. The summed E-state index contributed by atoms with van der Waals surface area (Å²) < 4.78 is 16.6. The number of piperidine rings is 1. The Labute approximate surface area is 185 Å². The summed E-state index contributed by atoms with van der Waals surface area (Å²) in [6.45, 7) is 9.02. The number of aromatic amines is 1. The number of rotatable bonds is 5. The topological polar surface area (TPSA) is 145 Å². The smallest absolute Gasteiger partial charge is 0.410 e. The molecule has 0 saturated carbocycles. The number of H-pyrrole nitrogens is 1. The Morgan fingerprint density at radius 2 is 2.06 bits per heavy atom. The molecule has 1 aliphatic heterocycles. The molecule has 3 aromatic rings. The molecule has 4 heterocycles. The van der Waals surface area contributed by atoms with Crippen molar-refractivity contribution >= 4 is 22.9 Å². The Morgan fingerprint density at radius 3 is 2.69 bits per heavy atom. The van der Waals surface area contributed by atoms with Crippen molar-refractivity contribution in [3.8, 4) is 17.3 Å². The van der Waals surface area contributed by atoms with E-state index in [9.17, 15) is 4.79 Å². The lowest BCUT2D eigenvalue weighted by Crippen LogP contribution is -2.44. The van der Waals surface area contributed by atoms with Crippen molar-refractivity contribution in [1.82, 2.24) is 30.2 Å². The molecule has 1 amide bonds. The SMILES string of the molecule is CCC(Oc1cncc2nc(-c3nonc3N)[nH]c12)C1CCN(C(=O)OC(C)(C)C)CC1. The maximum Gasteiger partial charge on any atom is 0.410 e. The highest BCUT2D eigenvalue weighted by Gasteiger charge is 2.31. The number of carbonyl (C=O) groups is 1. The van der Waals surface area contributed by atoms with Gasteiger partial charge in [0.25, 0.3) is 0 Å². The molecule has 1 fully saturated rings. The van der Waals surface area contributed by atoms with E-state index < -0.39 is 5.60 Å². The van der Waals surface area contributed by atoms with Crippen molar-refractivity contribution in [1.29, 1.82) is 0 Å². The lowest BCUT2D eigenvalue weighted by atomic mass is 9.90. The Morgan fingerprint density at radius 1 is 1.31 bits per heavy atom. The van der Waals surface area contributed by atoms with Crippen LogP contribution in [0.5, 0.6) is 5.75 Å². The van der Waals surface area contributed by atoms with Crippen LogP contribution < -0.4 is 10.5 Å². The average Bonchev–Trinajstić information content (AvgIpc) is 3.37. The zero-order chi connectivity index (χ0) is 22.9. The molecule has 3 N–H and O–H groups in total. The van der Waals surface area contributed by atoms with Gasteiger partial charge in [0.1, 0.15) is 22.7 Å². The molecule has 32 heavy (non-hydrogen) atoms. The number of amides is 1. The van der Waals surface area contributed by atoms with Gasteiger partial charge in [-0.1, -0.05) is 6.92 Å². The molecule has 1 atom stereocenters. The van der Waals surface area contributed by atoms with Gasteiger partial charge in [0.15, 0.2) is 23.1 Å². The fraction of sp³-hybridized carbons (Fsp3) is 0.571. The van der Waals surface area contributed by atoms with E-state index in [1.165, 1.54) is 0 Å². The van der Waals surface area contributed by atoms with Crippen LogP contribution in [0.2, 0.25) is 0 Å². The summed E-state index contributed by atoms with van der Waals surface area (Å²) in [6.07, 6.45) is 5.56. The lowest BCUT2D eigenvalue weighted by molar-refractivity contribution is 0.0106. The number of aromatic nitrogens is 5. The van der Waals surface area contributed by atoms with E-state index in [-0.39, 0.29) is 18.0 Å². The maximum absolute atomic E-state index is 12.3. The average molecular weight is 444 g/mol. The lowest BCUT2D eigenvalue weighted by Gasteiger charge is -2.36. The van der Waals surface area contributed by atoms with E-state index in [0.717, 1.165) is 19.3 Å². The van der Waals surface area contributed by atoms with Crippen LogP contribution in [0.15, 0.2) is 17.0 Å². The number of hydrogen-bond donors (Lipinski definition) is 2. The first-order chi connectivity index (χ1) is 15.2. The van der Waals surface area contributed by atoms with E-state index in [0.29, 0.717) is 47.3 Å². The first-order valence-electron chi connectivity index (χ1n) is 10.8. The number of hydrogen-bond acceptors (Lipinski definition) is 9. The molecule has 0 aromatic carbocycles. The predicted octanol–water partition coefficient (Wildman–Crippen LogP) is 3.39. The molecule has 0 bridgehead atoms. The number of nitrogens with two attached hydrogens (primary N) is 1. The van der Waals surface area contributed by atoms with Crippen LogP contribution in [-0.2, 0) is 4.74 Å². The second-order valence-electron chi connectivity index (χ2n) is 8.98. The van der Waals surface area contributed by atoms with Gasteiger partial charge in [0, 0.05) is 13.1 Å². The second kappa shape index (κ2) is 8.64. The van der Waals surface area contributed by atoms with E-state index in [2.05, 4.69) is 36.8 Å². The first-order valence-corrected chi connectivity index (χ1v) is 10.8. The molecule has 11 nitrogen and oxygen atoms in total. The zero-order valence-corrected chi connectivity index (χ0v) is 18.8. The summed E-state index contributed by atoms with van der Waals surface area (Å²) >= 11 is 0. The summed E-state index contributed by atoms with van der Waals surface area (Å²) in [4.78, 5) is 26.1. The summed E-state index contributed by atoms with van der Waals surface area (Å²) in [5.74, 6) is 1.52. The van der Waals surface area contributed by atoms with Crippen LogP contribution in [0.4, 0.5) is 10.6 Å². The third kappa shape index (κ3) is 4.61. The molecule has 0 spiro atoms. The van der Waals surface area contributed by atoms with E-state index in [4.69, 9.17) is 15.2 Å². The molecule has 1 unspecified atom stereocenters.